The van der Waals surface area contributed by atoms with E-state index in [-0.39, 0.29) is 6.04 Å². The van der Waals surface area contributed by atoms with E-state index in [0.717, 1.165) is 12.2 Å². The number of nitrogens with zero attached hydrogens (tertiary/aromatic N) is 2. The van der Waals surface area contributed by atoms with E-state index >= 15 is 0 Å². The summed E-state index contributed by atoms with van der Waals surface area (Å²) >= 11 is 4.15. The van der Waals surface area contributed by atoms with E-state index in [2.05, 4.69) is 29.8 Å². The molecule has 4 heteroatoms. The molecule has 0 aliphatic carbocycles. The van der Waals surface area contributed by atoms with Gasteiger partial charge < -0.3 is 5.73 Å². The van der Waals surface area contributed by atoms with Crippen LogP contribution in [-0.4, -0.2) is 11.8 Å². The Morgan fingerprint density at radius 1 is 1.82 bits per heavy atom. The lowest BCUT2D eigenvalue weighted by molar-refractivity contribution is 0.505. The Bertz CT molecular complexity index is 188. The summed E-state index contributed by atoms with van der Waals surface area (Å²) in [6.45, 7) is 2.13. The SMILES string of the molecule is CC(CCS)C1C=C(N)N=N1. The van der Waals surface area contributed by atoms with Crippen molar-refractivity contribution in [2.45, 2.75) is 19.4 Å². The van der Waals surface area contributed by atoms with E-state index in [9.17, 15) is 0 Å². The van der Waals surface area contributed by atoms with Crippen LogP contribution in [0.15, 0.2) is 22.1 Å². The van der Waals surface area contributed by atoms with Crippen LogP contribution in [0.5, 0.6) is 0 Å². The zero-order chi connectivity index (χ0) is 8.27. The van der Waals surface area contributed by atoms with Gasteiger partial charge in [-0.3, -0.25) is 0 Å². The average molecular weight is 171 g/mol. The molecule has 3 nitrogen and oxygen atoms in total. The Labute approximate surface area is 72.2 Å². The summed E-state index contributed by atoms with van der Waals surface area (Å²) in [5, 5.41) is 7.77. The quantitative estimate of drug-likeness (QED) is 0.622. The number of azo groups is 1. The van der Waals surface area contributed by atoms with E-state index in [4.69, 9.17) is 5.73 Å². The fourth-order valence-corrected chi connectivity index (χ4v) is 1.43. The summed E-state index contributed by atoms with van der Waals surface area (Å²) in [6, 6.07) is 0.183. The molecule has 0 spiro atoms. The molecule has 1 rings (SSSR count). The third kappa shape index (κ3) is 2.22. The highest BCUT2D eigenvalue weighted by molar-refractivity contribution is 7.80. The van der Waals surface area contributed by atoms with E-state index in [0.29, 0.717) is 11.7 Å². The van der Waals surface area contributed by atoms with Crippen molar-refractivity contribution < 1.29 is 0 Å². The molecule has 1 aliphatic rings. The Morgan fingerprint density at radius 2 is 2.55 bits per heavy atom. The van der Waals surface area contributed by atoms with Crippen LogP contribution in [-0.2, 0) is 0 Å². The molecule has 2 N–H and O–H groups in total. The van der Waals surface area contributed by atoms with Crippen LogP contribution in [0.25, 0.3) is 0 Å². The third-order valence-electron chi connectivity index (χ3n) is 1.82. The van der Waals surface area contributed by atoms with Crippen LogP contribution >= 0.6 is 12.6 Å². The monoisotopic (exact) mass is 171 g/mol. The molecule has 1 heterocycles. The lowest BCUT2D eigenvalue weighted by atomic mass is 10.0. The van der Waals surface area contributed by atoms with Gasteiger partial charge in [0.25, 0.3) is 0 Å². The Kier molecular flexibility index (Phi) is 2.93. The molecule has 0 saturated carbocycles. The Hall–Kier alpha value is -0.510. The van der Waals surface area contributed by atoms with Crippen LogP contribution in [0.4, 0.5) is 0 Å². The summed E-state index contributed by atoms with van der Waals surface area (Å²) in [6.07, 6.45) is 2.95. The highest BCUT2D eigenvalue weighted by Crippen LogP contribution is 2.19. The largest absolute Gasteiger partial charge is 0.382 e. The van der Waals surface area contributed by atoms with E-state index < -0.39 is 0 Å². The molecule has 0 saturated heterocycles. The molecule has 0 aromatic heterocycles. The maximum Gasteiger partial charge on any atom is 0.143 e. The minimum absolute atomic E-state index is 0.183. The van der Waals surface area contributed by atoms with Crippen LogP contribution in [0.3, 0.4) is 0 Å². The van der Waals surface area contributed by atoms with Gasteiger partial charge in [-0.25, -0.2) is 0 Å². The van der Waals surface area contributed by atoms with Gasteiger partial charge in [0.1, 0.15) is 5.82 Å². The van der Waals surface area contributed by atoms with E-state index in [1.807, 2.05) is 6.08 Å². The van der Waals surface area contributed by atoms with Crippen LogP contribution in [0, 0.1) is 5.92 Å². The van der Waals surface area contributed by atoms with Crippen molar-refractivity contribution in [1.82, 2.24) is 0 Å². The summed E-state index contributed by atoms with van der Waals surface area (Å²) in [5.41, 5.74) is 5.44. The van der Waals surface area contributed by atoms with Crippen molar-refractivity contribution in [3.8, 4) is 0 Å². The van der Waals surface area contributed by atoms with Gasteiger partial charge in [0, 0.05) is 0 Å². The van der Waals surface area contributed by atoms with Crippen LogP contribution in [0.1, 0.15) is 13.3 Å². The van der Waals surface area contributed by atoms with Gasteiger partial charge in [-0.2, -0.15) is 17.7 Å². The Balaban J connectivity index is 2.44. The van der Waals surface area contributed by atoms with Gasteiger partial charge in [-0.15, -0.1) is 5.11 Å². The maximum absolute atomic E-state index is 5.44. The molecule has 0 radical (unpaired) electrons. The second-order valence-corrected chi connectivity index (χ2v) is 3.23. The molecule has 0 bridgehead atoms. The first-order valence-corrected chi connectivity index (χ1v) is 4.36. The predicted molar refractivity (Wildman–Crippen MR) is 48.5 cm³/mol. The minimum Gasteiger partial charge on any atom is -0.382 e. The first kappa shape index (κ1) is 8.59. The molecule has 0 aromatic rings. The molecule has 2 unspecified atom stereocenters. The smallest absolute Gasteiger partial charge is 0.143 e. The van der Waals surface area contributed by atoms with Crippen molar-refractivity contribution in [2.75, 3.05) is 5.75 Å². The summed E-state index contributed by atoms with van der Waals surface area (Å²) in [4.78, 5) is 0. The molecular formula is C7H13N3S. The first-order chi connectivity index (χ1) is 5.24. The van der Waals surface area contributed by atoms with Crippen molar-refractivity contribution in [3.63, 3.8) is 0 Å². The fourth-order valence-electron chi connectivity index (χ4n) is 1.03. The van der Waals surface area contributed by atoms with Crippen LogP contribution < -0.4 is 5.73 Å². The minimum atomic E-state index is 0.183. The summed E-state index contributed by atoms with van der Waals surface area (Å²) in [7, 11) is 0. The lowest BCUT2D eigenvalue weighted by Gasteiger charge is -2.10. The molecular weight excluding hydrogens is 158 g/mol. The number of nitrogens with two attached hydrogens (primary N) is 1. The maximum atomic E-state index is 5.44. The lowest BCUT2D eigenvalue weighted by Crippen LogP contribution is -2.11. The Morgan fingerprint density at radius 3 is 3.00 bits per heavy atom. The second-order valence-electron chi connectivity index (χ2n) is 2.79. The van der Waals surface area contributed by atoms with Crippen LogP contribution in [0.2, 0.25) is 0 Å². The van der Waals surface area contributed by atoms with E-state index in [1.165, 1.54) is 0 Å². The van der Waals surface area contributed by atoms with Crippen molar-refractivity contribution in [3.05, 3.63) is 11.9 Å². The number of thiol groups is 1. The second kappa shape index (κ2) is 3.76. The standard InChI is InChI=1S/C7H13N3S/c1-5(2-3-11)6-4-7(8)10-9-6/h4-6,11H,2-3,8H2,1H3. The molecule has 0 fully saturated rings. The molecule has 62 valence electrons. The van der Waals surface area contributed by atoms with Gasteiger partial charge in [0.2, 0.25) is 0 Å². The number of hydrogen-bond donors (Lipinski definition) is 2. The first-order valence-electron chi connectivity index (χ1n) is 3.73. The molecule has 1 aliphatic heterocycles. The zero-order valence-corrected chi connectivity index (χ0v) is 7.46. The predicted octanol–water partition coefficient (Wildman–Crippen LogP) is 1.58. The van der Waals surface area contributed by atoms with E-state index in [1.54, 1.807) is 0 Å². The molecule has 0 aromatic carbocycles. The molecule has 0 amide bonds. The van der Waals surface area contributed by atoms with Crippen molar-refractivity contribution >= 4 is 12.6 Å². The van der Waals surface area contributed by atoms with Gasteiger partial charge in [0.05, 0.1) is 6.04 Å². The number of rotatable bonds is 3. The number of hydrogen-bond acceptors (Lipinski definition) is 4. The van der Waals surface area contributed by atoms with Gasteiger partial charge >= 0.3 is 0 Å². The normalized spacial score (nSPS) is 25.3. The molecule has 11 heavy (non-hydrogen) atoms. The third-order valence-corrected chi connectivity index (χ3v) is 2.07. The molecule has 2 atom stereocenters. The van der Waals surface area contributed by atoms with Crippen molar-refractivity contribution in [1.29, 1.82) is 0 Å². The summed E-state index contributed by atoms with van der Waals surface area (Å²) in [5.74, 6) is 1.93. The summed E-state index contributed by atoms with van der Waals surface area (Å²) < 4.78 is 0. The fraction of sp³-hybridized carbons (Fsp3) is 0.714. The highest BCUT2D eigenvalue weighted by atomic mass is 32.1. The van der Waals surface area contributed by atoms with Crippen molar-refractivity contribution in [2.24, 2.45) is 21.9 Å². The van der Waals surface area contributed by atoms with Gasteiger partial charge in [-0.05, 0) is 24.2 Å². The van der Waals surface area contributed by atoms with Gasteiger partial charge in [-0.1, -0.05) is 6.92 Å². The van der Waals surface area contributed by atoms with Gasteiger partial charge in [0.15, 0.2) is 0 Å². The highest BCUT2D eigenvalue weighted by Gasteiger charge is 2.17. The topological polar surface area (TPSA) is 50.7 Å². The zero-order valence-electron chi connectivity index (χ0n) is 6.57. The average Bonchev–Trinajstić information content (AvgIpc) is 2.36.